The van der Waals surface area contributed by atoms with Crippen LogP contribution in [-0.2, 0) is 0 Å². The van der Waals surface area contributed by atoms with E-state index in [-0.39, 0.29) is 5.82 Å². The molecule has 0 saturated heterocycles. The molecule has 0 saturated carbocycles. The first-order chi connectivity index (χ1) is 6.66. The zero-order chi connectivity index (χ0) is 10.1. The normalized spacial score (nSPS) is 10.4. The SMILES string of the molecule is Cc1ccc(-c2cc(N)ccc2F)s1. The average Bonchev–Trinajstić information content (AvgIpc) is 2.56. The molecule has 0 spiro atoms. The Kier molecular flexibility index (Phi) is 2.25. The van der Waals surface area contributed by atoms with Gasteiger partial charge in [-0.2, -0.15) is 0 Å². The summed E-state index contributed by atoms with van der Waals surface area (Å²) >= 11 is 1.57. The van der Waals surface area contributed by atoms with E-state index in [9.17, 15) is 4.39 Å². The van der Waals surface area contributed by atoms with Gasteiger partial charge in [0.15, 0.2) is 0 Å². The Balaban J connectivity index is 2.55. The molecule has 2 aromatic rings. The molecular formula is C11H10FNS. The van der Waals surface area contributed by atoms with Crippen LogP contribution in [0.5, 0.6) is 0 Å². The van der Waals surface area contributed by atoms with Crippen molar-refractivity contribution in [3.63, 3.8) is 0 Å². The van der Waals surface area contributed by atoms with Crippen LogP contribution in [0.3, 0.4) is 0 Å². The van der Waals surface area contributed by atoms with E-state index in [0.29, 0.717) is 11.3 Å². The highest BCUT2D eigenvalue weighted by Crippen LogP contribution is 2.30. The van der Waals surface area contributed by atoms with Gasteiger partial charge in [0.2, 0.25) is 0 Å². The second kappa shape index (κ2) is 3.42. The van der Waals surface area contributed by atoms with Crippen molar-refractivity contribution in [2.24, 2.45) is 0 Å². The van der Waals surface area contributed by atoms with E-state index < -0.39 is 0 Å². The van der Waals surface area contributed by atoms with Crippen LogP contribution in [0.1, 0.15) is 4.88 Å². The lowest BCUT2D eigenvalue weighted by Crippen LogP contribution is -1.87. The van der Waals surface area contributed by atoms with E-state index >= 15 is 0 Å². The fourth-order valence-corrected chi connectivity index (χ4v) is 2.20. The Morgan fingerprint density at radius 1 is 1.21 bits per heavy atom. The molecule has 2 rings (SSSR count). The van der Waals surface area contributed by atoms with Crippen molar-refractivity contribution in [2.75, 3.05) is 5.73 Å². The van der Waals surface area contributed by atoms with Gasteiger partial charge in [-0.15, -0.1) is 11.3 Å². The highest BCUT2D eigenvalue weighted by atomic mass is 32.1. The van der Waals surface area contributed by atoms with Crippen molar-refractivity contribution in [2.45, 2.75) is 6.92 Å². The molecule has 1 heterocycles. The number of benzene rings is 1. The summed E-state index contributed by atoms with van der Waals surface area (Å²) in [6.07, 6.45) is 0. The van der Waals surface area contributed by atoms with Crippen LogP contribution in [0.15, 0.2) is 30.3 Å². The van der Waals surface area contributed by atoms with Crippen LogP contribution in [0, 0.1) is 12.7 Å². The number of anilines is 1. The maximum absolute atomic E-state index is 13.4. The van der Waals surface area contributed by atoms with E-state index in [4.69, 9.17) is 5.73 Å². The van der Waals surface area contributed by atoms with Gasteiger partial charge >= 0.3 is 0 Å². The molecule has 0 aliphatic carbocycles. The number of aryl methyl sites for hydroxylation is 1. The van der Waals surface area contributed by atoms with Gasteiger partial charge in [-0.25, -0.2) is 4.39 Å². The summed E-state index contributed by atoms with van der Waals surface area (Å²) in [7, 11) is 0. The lowest BCUT2D eigenvalue weighted by Gasteiger charge is -2.00. The van der Waals surface area contributed by atoms with Crippen LogP contribution < -0.4 is 5.73 Å². The first kappa shape index (κ1) is 9.21. The van der Waals surface area contributed by atoms with Gasteiger partial charge in [0.05, 0.1) is 0 Å². The molecule has 0 fully saturated rings. The number of hydrogen-bond donors (Lipinski definition) is 1. The smallest absolute Gasteiger partial charge is 0.131 e. The van der Waals surface area contributed by atoms with Gasteiger partial charge < -0.3 is 5.73 Å². The average molecular weight is 207 g/mol. The predicted octanol–water partition coefficient (Wildman–Crippen LogP) is 3.44. The third-order valence-electron chi connectivity index (χ3n) is 2.00. The highest BCUT2D eigenvalue weighted by Gasteiger charge is 2.06. The number of rotatable bonds is 1. The van der Waals surface area contributed by atoms with Crippen LogP contribution in [0.2, 0.25) is 0 Å². The fraction of sp³-hybridized carbons (Fsp3) is 0.0909. The Labute approximate surface area is 86.0 Å². The molecule has 1 aromatic carbocycles. The van der Waals surface area contributed by atoms with Crippen molar-refractivity contribution < 1.29 is 4.39 Å². The second-order valence-electron chi connectivity index (χ2n) is 3.15. The zero-order valence-electron chi connectivity index (χ0n) is 7.75. The molecule has 0 unspecified atom stereocenters. The number of hydrogen-bond acceptors (Lipinski definition) is 2. The molecule has 0 amide bonds. The summed E-state index contributed by atoms with van der Waals surface area (Å²) in [6, 6.07) is 8.53. The summed E-state index contributed by atoms with van der Waals surface area (Å²) in [5.74, 6) is -0.221. The van der Waals surface area contributed by atoms with Crippen LogP contribution in [0.25, 0.3) is 10.4 Å². The second-order valence-corrected chi connectivity index (χ2v) is 4.44. The Bertz CT molecular complexity index is 462. The standard InChI is InChI=1S/C11H10FNS/c1-7-2-5-11(14-7)9-6-8(13)3-4-10(9)12/h2-6H,13H2,1H3. The zero-order valence-corrected chi connectivity index (χ0v) is 8.57. The van der Waals surface area contributed by atoms with Gasteiger partial charge in [-0.1, -0.05) is 0 Å². The third-order valence-corrected chi connectivity index (χ3v) is 3.03. The first-order valence-electron chi connectivity index (χ1n) is 4.28. The highest BCUT2D eigenvalue weighted by molar-refractivity contribution is 7.15. The van der Waals surface area contributed by atoms with Crippen molar-refractivity contribution in [3.8, 4) is 10.4 Å². The molecule has 0 aliphatic heterocycles. The minimum Gasteiger partial charge on any atom is -0.399 e. The maximum atomic E-state index is 13.4. The van der Waals surface area contributed by atoms with Gasteiger partial charge in [0.25, 0.3) is 0 Å². The quantitative estimate of drug-likeness (QED) is 0.712. The molecule has 0 atom stereocenters. The van der Waals surface area contributed by atoms with Crippen LogP contribution in [0.4, 0.5) is 10.1 Å². The van der Waals surface area contributed by atoms with Crippen molar-refractivity contribution in [3.05, 3.63) is 41.0 Å². The third kappa shape index (κ3) is 1.63. The summed E-state index contributed by atoms with van der Waals surface area (Å²) in [5.41, 5.74) is 6.79. The predicted molar refractivity (Wildman–Crippen MR) is 58.9 cm³/mol. The molecule has 3 heteroatoms. The maximum Gasteiger partial charge on any atom is 0.131 e. The molecule has 2 N–H and O–H groups in total. The Morgan fingerprint density at radius 2 is 2.00 bits per heavy atom. The van der Waals surface area contributed by atoms with E-state index in [1.807, 2.05) is 19.1 Å². The first-order valence-corrected chi connectivity index (χ1v) is 5.10. The Hall–Kier alpha value is -1.35. The summed E-state index contributed by atoms with van der Waals surface area (Å²) in [5, 5.41) is 0. The number of halogens is 1. The molecule has 0 aliphatic rings. The monoisotopic (exact) mass is 207 g/mol. The van der Waals surface area contributed by atoms with E-state index in [1.54, 1.807) is 23.5 Å². The summed E-state index contributed by atoms with van der Waals surface area (Å²) in [6.45, 7) is 2.00. The minimum absolute atomic E-state index is 0.221. The molecule has 0 bridgehead atoms. The molecule has 14 heavy (non-hydrogen) atoms. The van der Waals surface area contributed by atoms with E-state index in [1.165, 1.54) is 10.9 Å². The molecule has 1 aromatic heterocycles. The summed E-state index contributed by atoms with van der Waals surface area (Å²) in [4.78, 5) is 2.09. The van der Waals surface area contributed by atoms with Crippen LogP contribution in [-0.4, -0.2) is 0 Å². The van der Waals surface area contributed by atoms with E-state index in [2.05, 4.69) is 0 Å². The van der Waals surface area contributed by atoms with Gasteiger partial charge in [-0.3, -0.25) is 0 Å². The van der Waals surface area contributed by atoms with Gasteiger partial charge in [0.1, 0.15) is 5.82 Å². The molecule has 1 nitrogen and oxygen atoms in total. The lowest BCUT2D eigenvalue weighted by molar-refractivity contribution is 0.632. The Morgan fingerprint density at radius 3 is 2.64 bits per heavy atom. The number of nitrogens with two attached hydrogens (primary N) is 1. The lowest BCUT2D eigenvalue weighted by atomic mass is 10.1. The summed E-state index contributed by atoms with van der Waals surface area (Å²) < 4.78 is 13.4. The van der Waals surface area contributed by atoms with Crippen molar-refractivity contribution >= 4 is 17.0 Å². The topological polar surface area (TPSA) is 26.0 Å². The largest absolute Gasteiger partial charge is 0.399 e. The molecular weight excluding hydrogens is 197 g/mol. The number of thiophene rings is 1. The van der Waals surface area contributed by atoms with E-state index in [0.717, 1.165) is 4.88 Å². The minimum atomic E-state index is -0.221. The molecule has 72 valence electrons. The van der Waals surface area contributed by atoms with Gasteiger partial charge in [0, 0.05) is 21.0 Å². The van der Waals surface area contributed by atoms with Crippen molar-refractivity contribution in [1.82, 2.24) is 0 Å². The van der Waals surface area contributed by atoms with Crippen molar-refractivity contribution in [1.29, 1.82) is 0 Å². The fourth-order valence-electron chi connectivity index (χ4n) is 1.31. The molecule has 0 radical (unpaired) electrons. The van der Waals surface area contributed by atoms with Crippen LogP contribution >= 0.6 is 11.3 Å². The number of nitrogen functional groups attached to an aromatic ring is 1. The van der Waals surface area contributed by atoms with Gasteiger partial charge in [-0.05, 0) is 37.3 Å².